The topological polar surface area (TPSA) is 79.5 Å². The number of methoxy groups -OCH3 is 1. The second-order valence-corrected chi connectivity index (χ2v) is 6.78. The summed E-state index contributed by atoms with van der Waals surface area (Å²) in [5.41, 5.74) is 0.998. The van der Waals surface area contributed by atoms with E-state index in [0.29, 0.717) is 23.0 Å². The van der Waals surface area contributed by atoms with Crippen molar-refractivity contribution in [3.05, 3.63) is 18.2 Å². The highest BCUT2D eigenvalue weighted by atomic mass is 16.5. The van der Waals surface area contributed by atoms with Crippen molar-refractivity contribution in [2.45, 2.75) is 32.6 Å². The van der Waals surface area contributed by atoms with E-state index in [2.05, 4.69) is 16.0 Å². The number of carbonyl (C=O) groups is 2. The number of hydrogen-bond acceptors (Lipinski definition) is 4. The van der Waals surface area contributed by atoms with Gasteiger partial charge in [-0.3, -0.25) is 9.59 Å². The Morgan fingerprint density at radius 1 is 1.29 bits per heavy atom. The molecule has 2 fully saturated rings. The summed E-state index contributed by atoms with van der Waals surface area (Å²) in [6.07, 6.45) is 4.37. The third-order valence-corrected chi connectivity index (χ3v) is 5.26. The minimum absolute atomic E-state index is 0.0894. The highest BCUT2D eigenvalue weighted by molar-refractivity contribution is 5.97. The van der Waals surface area contributed by atoms with E-state index in [0.717, 1.165) is 32.4 Å². The zero-order chi connectivity index (χ0) is 17.2. The van der Waals surface area contributed by atoms with Crippen LogP contribution in [0.2, 0.25) is 0 Å². The van der Waals surface area contributed by atoms with Crippen molar-refractivity contribution < 1.29 is 14.3 Å². The third-order valence-electron chi connectivity index (χ3n) is 5.26. The van der Waals surface area contributed by atoms with Crippen LogP contribution >= 0.6 is 0 Å². The molecule has 1 aliphatic carbocycles. The van der Waals surface area contributed by atoms with Crippen LogP contribution in [0, 0.1) is 11.3 Å². The van der Waals surface area contributed by atoms with Gasteiger partial charge in [-0.25, -0.2) is 0 Å². The molecular formula is C18H25N3O3. The van der Waals surface area contributed by atoms with Gasteiger partial charge >= 0.3 is 0 Å². The van der Waals surface area contributed by atoms with E-state index < -0.39 is 0 Å². The van der Waals surface area contributed by atoms with Crippen molar-refractivity contribution >= 4 is 23.2 Å². The first kappa shape index (κ1) is 16.8. The Morgan fingerprint density at radius 2 is 2.12 bits per heavy atom. The largest absolute Gasteiger partial charge is 0.494 e. The van der Waals surface area contributed by atoms with Crippen molar-refractivity contribution in [3.8, 4) is 5.75 Å². The molecule has 0 aromatic heterocycles. The van der Waals surface area contributed by atoms with Crippen molar-refractivity contribution in [2.75, 3.05) is 30.8 Å². The summed E-state index contributed by atoms with van der Waals surface area (Å²) < 4.78 is 5.32. The quantitative estimate of drug-likeness (QED) is 0.791. The predicted molar refractivity (Wildman–Crippen MR) is 93.2 cm³/mol. The molecule has 2 amide bonds. The maximum atomic E-state index is 13.0. The summed E-state index contributed by atoms with van der Waals surface area (Å²) in [7, 11) is 1.54. The van der Waals surface area contributed by atoms with E-state index in [-0.39, 0.29) is 17.2 Å². The number of fused-ring (bicyclic) bond motifs is 1. The highest BCUT2D eigenvalue weighted by Gasteiger charge is 2.49. The Hall–Kier alpha value is -2.08. The van der Waals surface area contributed by atoms with Crippen LogP contribution in [0.5, 0.6) is 5.75 Å². The molecule has 0 spiro atoms. The second kappa shape index (κ2) is 6.81. The van der Waals surface area contributed by atoms with Crippen LogP contribution in [-0.4, -0.2) is 32.0 Å². The van der Waals surface area contributed by atoms with Gasteiger partial charge in [0, 0.05) is 25.2 Å². The molecular weight excluding hydrogens is 306 g/mol. The van der Waals surface area contributed by atoms with Gasteiger partial charge in [0.25, 0.3) is 0 Å². The van der Waals surface area contributed by atoms with Crippen LogP contribution in [-0.2, 0) is 9.59 Å². The van der Waals surface area contributed by atoms with Gasteiger partial charge in [0.1, 0.15) is 5.75 Å². The molecule has 1 heterocycles. The lowest BCUT2D eigenvalue weighted by molar-refractivity contribution is -0.128. The van der Waals surface area contributed by atoms with Crippen molar-refractivity contribution in [1.82, 2.24) is 5.32 Å². The maximum Gasteiger partial charge on any atom is 0.232 e. The Balaban J connectivity index is 1.78. The average Bonchev–Trinajstić information content (AvgIpc) is 3.01. The lowest BCUT2D eigenvalue weighted by Crippen LogP contribution is -2.44. The molecule has 6 nitrogen and oxygen atoms in total. The predicted octanol–water partition coefficient (Wildman–Crippen LogP) is 2.37. The van der Waals surface area contributed by atoms with Gasteiger partial charge in [-0.2, -0.15) is 0 Å². The minimum atomic E-state index is -0.290. The van der Waals surface area contributed by atoms with E-state index in [1.165, 1.54) is 13.3 Å². The van der Waals surface area contributed by atoms with Crippen LogP contribution in [0.1, 0.15) is 32.6 Å². The zero-order valence-electron chi connectivity index (χ0n) is 14.3. The number of carbonyl (C=O) groups excluding carboxylic acids is 2. The zero-order valence-corrected chi connectivity index (χ0v) is 14.3. The van der Waals surface area contributed by atoms with E-state index >= 15 is 0 Å². The maximum absolute atomic E-state index is 13.0. The van der Waals surface area contributed by atoms with E-state index in [1.54, 1.807) is 25.3 Å². The molecule has 0 bridgehead atoms. The standard InChI is InChI=1S/C18H25N3O3/c1-12(22)20-15-7-6-14(9-16(15)24-2)21-17(23)18-8-4-3-5-13(18)10-19-11-18/h6-7,9,13,19H,3-5,8,10-11H2,1-2H3,(H,20,22)(H,21,23)/t13-,18+/m0/s1. The number of rotatable bonds is 4. The molecule has 1 aliphatic heterocycles. The lowest BCUT2D eigenvalue weighted by atomic mass is 9.67. The molecule has 2 aliphatic rings. The minimum Gasteiger partial charge on any atom is -0.494 e. The van der Waals surface area contributed by atoms with E-state index in [4.69, 9.17) is 4.74 Å². The van der Waals surface area contributed by atoms with Crippen LogP contribution in [0.25, 0.3) is 0 Å². The van der Waals surface area contributed by atoms with Crippen LogP contribution in [0.15, 0.2) is 18.2 Å². The smallest absolute Gasteiger partial charge is 0.232 e. The molecule has 3 rings (SSSR count). The number of hydrogen-bond donors (Lipinski definition) is 3. The van der Waals surface area contributed by atoms with Gasteiger partial charge in [0.15, 0.2) is 0 Å². The number of ether oxygens (including phenoxy) is 1. The Kier molecular flexibility index (Phi) is 4.76. The molecule has 3 N–H and O–H groups in total. The van der Waals surface area contributed by atoms with E-state index in [9.17, 15) is 9.59 Å². The fourth-order valence-electron chi connectivity index (χ4n) is 4.01. The van der Waals surface area contributed by atoms with Gasteiger partial charge in [0.2, 0.25) is 11.8 Å². The fraction of sp³-hybridized carbons (Fsp3) is 0.556. The summed E-state index contributed by atoms with van der Waals surface area (Å²) in [4.78, 5) is 24.2. The first-order valence-corrected chi connectivity index (χ1v) is 8.53. The fourth-order valence-corrected chi connectivity index (χ4v) is 4.01. The molecule has 2 atom stereocenters. The SMILES string of the molecule is COc1cc(NC(=O)[C@@]23CCCC[C@H]2CNC3)ccc1NC(C)=O. The Labute approximate surface area is 142 Å². The van der Waals surface area contributed by atoms with Gasteiger partial charge < -0.3 is 20.7 Å². The summed E-state index contributed by atoms with van der Waals surface area (Å²) in [5, 5.41) is 9.17. The molecule has 0 radical (unpaired) electrons. The number of benzene rings is 1. The number of amides is 2. The van der Waals surface area contributed by atoms with E-state index in [1.807, 2.05) is 0 Å². The molecule has 6 heteroatoms. The summed E-state index contributed by atoms with van der Waals surface area (Å²) >= 11 is 0. The molecule has 24 heavy (non-hydrogen) atoms. The molecule has 130 valence electrons. The Bertz CT molecular complexity index is 646. The van der Waals surface area contributed by atoms with Gasteiger partial charge in [-0.1, -0.05) is 12.8 Å². The van der Waals surface area contributed by atoms with Gasteiger partial charge in [0.05, 0.1) is 18.2 Å². The van der Waals surface area contributed by atoms with Crippen molar-refractivity contribution in [3.63, 3.8) is 0 Å². The van der Waals surface area contributed by atoms with Crippen molar-refractivity contribution in [1.29, 1.82) is 0 Å². The first-order chi connectivity index (χ1) is 11.5. The number of anilines is 2. The van der Waals surface area contributed by atoms with Crippen molar-refractivity contribution in [2.24, 2.45) is 11.3 Å². The normalized spacial score (nSPS) is 25.7. The average molecular weight is 331 g/mol. The Morgan fingerprint density at radius 3 is 2.88 bits per heavy atom. The lowest BCUT2D eigenvalue weighted by Gasteiger charge is -2.37. The molecule has 1 aromatic carbocycles. The molecule has 1 saturated carbocycles. The molecule has 0 unspecified atom stereocenters. The summed E-state index contributed by atoms with van der Waals surface area (Å²) in [6, 6.07) is 5.29. The first-order valence-electron chi connectivity index (χ1n) is 8.53. The number of nitrogens with one attached hydrogen (secondary N) is 3. The van der Waals surface area contributed by atoms with Gasteiger partial charge in [-0.15, -0.1) is 0 Å². The molecule has 1 aromatic rings. The highest BCUT2D eigenvalue weighted by Crippen LogP contribution is 2.44. The summed E-state index contributed by atoms with van der Waals surface area (Å²) in [5.74, 6) is 0.884. The van der Waals surface area contributed by atoms with Crippen LogP contribution < -0.4 is 20.7 Å². The van der Waals surface area contributed by atoms with Crippen LogP contribution in [0.3, 0.4) is 0 Å². The third kappa shape index (κ3) is 3.11. The monoisotopic (exact) mass is 331 g/mol. The summed E-state index contributed by atoms with van der Waals surface area (Å²) in [6.45, 7) is 3.13. The molecule has 1 saturated heterocycles. The van der Waals surface area contributed by atoms with Gasteiger partial charge in [-0.05, 0) is 37.4 Å². The second-order valence-electron chi connectivity index (χ2n) is 6.78. The van der Waals surface area contributed by atoms with Crippen LogP contribution in [0.4, 0.5) is 11.4 Å².